The number of carbonyl (C=O) groups is 2. The number of esters is 1. The van der Waals surface area contributed by atoms with Gasteiger partial charge in [-0.3, -0.25) is 9.59 Å². The molecule has 7 heteroatoms. The van der Waals surface area contributed by atoms with E-state index < -0.39 is 29.8 Å². The number of carbonyl (C=O) groups excluding carboxylic acids is 2. The minimum absolute atomic E-state index is 0.0909. The molecule has 0 radical (unpaired) electrons. The molecule has 6 nitrogen and oxygen atoms in total. The Hall–Kier alpha value is -2.62. The van der Waals surface area contributed by atoms with Crippen molar-refractivity contribution in [1.29, 1.82) is 5.26 Å². The predicted octanol–water partition coefficient (Wildman–Crippen LogP) is 2.60. The number of benzene rings is 1. The number of ether oxygens (including phenoxy) is 2. The van der Waals surface area contributed by atoms with Gasteiger partial charge in [-0.15, -0.1) is 0 Å². The smallest absolute Gasteiger partial charge is 0.310 e. The monoisotopic (exact) mass is 362 g/mol. The lowest BCUT2D eigenvalue weighted by atomic mass is 9.81. The van der Waals surface area contributed by atoms with Crippen LogP contribution in [0.25, 0.3) is 0 Å². The topological polar surface area (TPSA) is 79.6 Å². The van der Waals surface area contributed by atoms with Crippen molar-refractivity contribution < 1.29 is 23.5 Å². The Kier molecular flexibility index (Phi) is 6.56. The van der Waals surface area contributed by atoms with Crippen molar-refractivity contribution in [1.82, 2.24) is 4.90 Å². The van der Waals surface area contributed by atoms with E-state index in [1.807, 2.05) is 0 Å². The number of nitrogens with zero attached hydrogens (tertiary/aromatic N) is 2. The Bertz CT molecular complexity index is 708. The minimum Gasteiger partial charge on any atom is -0.494 e. The Balaban J connectivity index is 1.89. The summed E-state index contributed by atoms with van der Waals surface area (Å²) in [5.41, 5.74) is -0.393. The van der Waals surface area contributed by atoms with Gasteiger partial charge in [-0.05, 0) is 30.5 Å². The second kappa shape index (κ2) is 8.65. The van der Waals surface area contributed by atoms with E-state index in [-0.39, 0.29) is 12.2 Å². The summed E-state index contributed by atoms with van der Waals surface area (Å²) >= 11 is 0. The standard InChI is InChI=1S/C19H23FN2O4/c1-22(19(13-21)8-4-3-5-9-19)17(23)12-26-18(24)11-14-6-7-16(25-2)15(20)10-14/h6-7,10H,3-5,8-9,11-12H2,1-2H3. The molecule has 1 amide bonds. The zero-order chi connectivity index (χ0) is 19.2. The minimum atomic E-state index is -0.819. The van der Waals surface area contributed by atoms with E-state index in [9.17, 15) is 19.2 Å². The first-order valence-electron chi connectivity index (χ1n) is 8.58. The number of methoxy groups -OCH3 is 1. The molecule has 0 N–H and O–H groups in total. The molecule has 1 aliphatic rings. The molecule has 1 saturated carbocycles. The molecule has 1 aromatic rings. The second-order valence-corrected chi connectivity index (χ2v) is 6.46. The van der Waals surface area contributed by atoms with Gasteiger partial charge < -0.3 is 14.4 Å². The van der Waals surface area contributed by atoms with Crippen molar-refractivity contribution in [2.45, 2.75) is 44.1 Å². The van der Waals surface area contributed by atoms with E-state index >= 15 is 0 Å². The fourth-order valence-electron chi connectivity index (χ4n) is 3.17. The molecule has 1 aromatic carbocycles. The van der Waals surface area contributed by atoms with Gasteiger partial charge in [0.25, 0.3) is 5.91 Å². The van der Waals surface area contributed by atoms with Crippen molar-refractivity contribution in [2.24, 2.45) is 0 Å². The SMILES string of the molecule is COc1ccc(CC(=O)OCC(=O)N(C)C2(C#N)CCCCC2)cc1F. The lowest BCUT2D eigenvalue weighted by molar-refractivity contribution is -0.153. The van der Waals surface area contributed by atoms with Crippen LogP contribution in [0.3, 0.4) is 0 Å². The van der Waals surface area contributed by atoms with Gasteiger partial charge in [-0.1, -0.05) is 25.3 Å². The highest BCUT2D eigenvalue weighted by molar-refractivity contribution is 5.82. The summed E-state index contributed by atoms with van der Waals surface area (Å²) < 4.78 is 23.5. The first-order chi connectivity index (χ1) is 12.4. The maximum Gasteiger partial charge on any atom is 0.310 e. The Morgan fingerprint density at radius 3 is 2.58 bits per heavy atom. The molecule has 0 heterocycles. The number of amides is 1. The Morgan fingerprint density at radius 2 is 2.00 bits per heavy atom. The summed E-state index contributed by atoms with van der Waals surface area (Å²) in [6, 6.07) is 6.44. The zero-order valence-electron chi connectivity index (χ0n) is 15.1. The largest absolute Gasteiger partial charge is 0.494 e. The molecule has 0 saturated heterocycles. The molecule has 2 rings (SSSR count). The van der Waals surface area contributed by atoms with E-state index in [2.05, 4.69) is 6.07 Å². The quantitative estimate of drug-likeness (QED) is 0.727. The molecular formula is C19H23FN2O4. The van der Waals surface area contributed by atoms with Gasteiger partial charge in [0.05, 0.1) is 19.6 Å². The summed E-state index contributed by atoms with van der Waals surface area (Å²) in [4.78, 5) is 25.6. The first-order valence-corrected chi connectivity index (χ1v) is 8.58. The van der Waals surface area contributed by atoms with Crippen LogP contribution in [0.4, 0.5) is 4.39 Å². The number of halogens is 1. The summed E-state index contributed by atoms with van der Waals surface area (Å²) in [6.45, 7) is -0.433. The number of hydrogen-bond donors (Lipinski definition) is 0. The molecule has 1 aliphatic carbocycles. The summed E-state index contributed by atoms with van der Waals surface area (Å²) in [7, 11) is 2.93. The van der Waals surface area contributed by atoms with Gasteiger partial charge in [0.1, 0.15) is 5.54 Å². The van der Waals surface area contributed by atoms with Gasteiger partial charge in [-0.2, -0.15) is 5.26 Å². The predicted molar refractivity (Wildman–Crippen MR) is 91.8 cm³/mol. The highest BCUT2D eigenvalue weighted by Gasteiger charge is 2.38. The van der Waals surface area contributed by atoms with Crippen molar-refractivity contribution in [2.75, 3.05) is 20.8 Å². The van der Waals surface area contributed by atoms with Gasteiger partial charge in [0, 0.05) is 7.05 Å². The van der Waals surface area contributed by atoms with Crippen LogP contribution in [0.5, 0.6) is 5.75 Å². The zero-order valence-corrected chi connectivity index (χ0v) is 15.1. The molecular weight excluding hydrogens is 339 g/mol. The van der Waals surface area contributed by atoms with E-state index in [0.717, 1.165) is 19.3 Å². The number of nitriles is 1. The van der Waals surface area contributed by atoms with Crippen LogP contribution in [-0.4, -0.2) is 43.1 Å². The maximum absolute atomic E-state index is 13.6. The van der Waals surface area contributed by atoms with E-state index in [0.29, 0.717) is 18.4 Å². The van der Waals surface area contributed by atoms with Gasteiger partial charge in [0.15, 0.2) is 18.2 Å². The molecule has 0 aliphatic heterocycles. The second-order valence-electron chi connectivity index (χ2n) is 6.46. The summed E-state index contributed by atoms with van der Waals surface area (Å²) in [5.74, 6) is -1.52. The van der Waals surface area contributed by atoms with E-state index in [1.54, 1.807) is 13.1 Å². The highest BCUT2D eigenvalue weighted by Crippen LogP contribution is 2.32. The number of likely N-dealkylation sites (N-methyl/N-ethyl adjacent to an activating group) is 1. The van der Waals surface area contributed by atoms with Crippen molar-refractivity contribution in [3.8, 4) is 11.8 Å². The third kappa shape index (κ3) is 4.51. The molecule has 0 aromatic heterocycles. The van der Waals surface area contributed by atoms with Crippen LogP contribution in [0.2, 0.25) is 0 Å². The summed E-state index contributed by atoms with van der Waals surface area (Å²) in [6.07, 6.45) is 3.96. The van der Waals surface area contributed by atoms with Crippen LogP contribution in [-0.2, 0) is 20.7 Å². The van der Waals surface area contributed by atoms with Gasteiger partial charge in [0.2, 0.25) is 0 Å². The van der Waals surface area contributed by atoms with Crippen molar-refractivity contribution in [3.05, 3.63) is 29.6 Å². The molecule has 26 heavy (non-hydrogen) atoms. The van der Waals surface area contributed by atoms with Crippen LogP contribution in [0.15, 0.2) is 18.2 Å². The Morgan fingerprint density at radius 1 is 1.31 bits per heavy atom. The Labute approximate surface area is 152 Å². The fraction of sp³-hybridized carbons (Fsp3) is 0.526. The average Bonchev–Trinajstić information content (AvgIpc) is 2.66. The molecule has 0 atom stereocenters. The maximum atomic E-state index is 13.6. The highest BCUT2D eigenvalue weighted by atomic mass is 19.1. The lowest BCUT2D eigenvalue weighted by Gasteiger charge is -2.38. The molecule has 1 fully saturated rings. The van der Waals surface area contributed by atoms with Gasteiger partial charge in [-0.25, -0.2) is 4.39 Å². The van der Waals surface area contributed by atoms with E-state index in [1.165, 1.54) is 24.1 Å². The lowest BCUT2D eigenvalue weighted by Crippen LogP contribution is -2.51. The van der Waals surface area contributed by atoms with Gasteiger partial charge >= 0.3 is 5.97 Å². The van der Waals surface area contributed by atoms with Crippen molar-refractivity contribution >= 4 is 11.9 Å². The third-order valence-electron chi connectivity index (χ3n) is 4.83. The molecule has 0 bridgehead atoms. The van der Waals surface area contributed by atoms with Crippen LogP contribution >= 0.6 is 0 Å². The molecule has 0 unspecified atom stereocenters. The first kappa shape index (κ1) is 19.7. The number of hydrogen-bond acceptors (Lipinski definition) is 5. The van der Waals surface area contributed by atoms with Crippen LogP contribution in [0, 0.1) is 17.1 Å². The van der Waals surface area contributed by atoms with Crippen LogP contribution < -0.4 is 4.74 Å². The van der Waals surface area contributed by atoms with Crippen molar-refractivity contribution in [3.63, 3.8) is 0 Å². The average molecular weight is 362 g/mol. The fourth-order valence-corrected chi connectivity index (χ4v) is 3.17. The van der Waals surface area contributed by atoms with E-state index in [4.69, 9.17) is 9.47 Å². The van der Waals surface area contributed by atoms with Crippen LogP contribution in [0.1, 0.15) is 37.7 Å². The third-order valence-corrected chi connectivity index (χ3v) is 4.83. The number of rotatable bonds is 6. The molecule has 0 spiro atoms. The summed E-state index contributed by atoms with van der Waals surface area (Å²) in [5, 5.41) is 9.50. The molecule has 140 valence electrons. The normalized spacial score (nSPS) is 15.6.